The van der Waals surface area contributed by atoms with Gasteiger partial charge in [-0.3, -0.25) is 4.79 Å². The van der Waals surface area contributed by atoms with Gasteiger partial charge in [-0.2, -0.15) is 0 Å². The van der Waals surface area contributed by atoms with E-state index in [2.05, 4.69) is 16.0 Å². The van der Waals surface area contributed by atoms with E-state index in [9.17, 15) is 4.79 Å². The number of nitrogens with one attached hydrogen (secondary N) is 1. The molecule has 0 amide bonds. The van der Waals surface area contributed by atoms with Gasteiger partial charge in [0.15, 0.2) is 0 Å². The van der Waals surface area contributed by atoms with Crippen molar-refractivity contribution in [3.63, 3.8) is 0 Å². The van der Waals surface area contributed by atoms with Crippen molar-refractivity contribution in [1.29, 1.82) is 0 Å². The fourth-order valence-corrected chi connectivity index (χ4v) is 0.724. The summed E-state index contributed by atoms with van der Waals surface area (Å²) in [6.07, 6.45) is 5.60. The lowest BCUT2D eigenvalue weighted by Gasteiger charge is -2.12. The first-order chi connectivity index (χ1) is 5.76. The Morgan fingerprint density at radius 3 is 2.92 bits per heavy atom. The fourth-order valence-electron chi connectivity index (χ4n) is 0.724. The first kappa shape index (κ1) is 11.0. The standard InChI is InChI=1S/C8H14N2O2/c1-3-4-5-10-7(6-9)8(11)12-2/h1,7,10H,4-6,9H2,2H3. The molecule has 0 aliphatic heterocycles. The number of nitrogens with two attached hydrogens (primary N) is 1. The van der Waals surface area contributed by atoms with E-state index in [0.717, 1.165) is 0 Å². The molecule has 4 nitrogen and oxygen atoms in total. The summed E-state index contributed by atoms with van der Waals surface area (Å²) in [4.78, 5) is 10.9. The monoisotopic (exact) mass is 170 g/mol. The lowest BCUT2D eigenvalue weighted by molar-refractivity contribution is -0.142. The molecule has 0 spiro atoms. The third kappa shape index (κ3) is 3.96. The number of ether oxygens (including phenoxy) is 1. The Bertz CT molecular complexity index is 174. The Kier molecular flexibility index (Phi) is 6.07. The SMILES string of the molecule is C#CCCNC(CN)C(=O)OC. The van der Waals surface area contributed by atoms with Gasteiger partial charge in [0.2, 0.25) is 0 Å². The number of carbonyl (C=O) groups excluding carboxylic acids is 1. The van der Waals surface area contributed by atoms with E-state index in [0.29, 0.717) is 13.0 Å². The fraction of sp³-hybridized carbons (Fsp3) is 0.625. The number of carbonyl (C=O) groups is 1. The van der Waals surface area contributed by atoms with Crippen LogP contribution in [0, 0.1) is 12.3 Å². The van der Waals surface area contributed by atoms with Gasteiger partial charge in [-0.25, -0.2) is 0 Å². The largest absolute Gasteiger partial charge is 0.468 e. The minimum Gasteiger partial charge on any atom is -0.468 e. The lowest BCUT2D eigenvalue weighted by atomic mass is 10.3. The molecule has 12 heavy (non-hydrogen) atoms. The van der Waals surface area contributed by atoms with Crippen LogP contribution in [0.2, 0.25) is 0 Å². The van der Waals surface area contributed by atoms with Crippen LogP contribution in [0.1, 0.15) is 6.42 Å². The van der Waals surface area contributed by atoms with Crippen LogP contribution in [0.5, 0.6) is 0 Å². The van der Waals surface area contributed by atoms with Gasteiger partial charge in [-0.05, 0) is 0 Å². The van der Waals surface area contributed by atoms with Crippen molar-refractivity contribution in [1.82, 2.24) is 5.32 Å². The number of terminal acetylenes is 1. The molecule has 0 saturated carbocycles. The average molecular weight is 170 g/mol. The molecule has 0 aromatic heterocycles. The summed E-state index contributed by atoms with van der Waals surface area (Å²) in [5.74, 6) is 2.10. The zero-order valence-electron chi connectivity index (χ0n) is 7.17. The molecule has 0 rings (SSSR count). The Hall–Kier alpha value is -1.05. The normalized spacial score (nSPS) is 11.8. The van der Waals surface area contributed by atoms with Crippen LogP contribution in [0.4, 0.5) is 0 Å². The highest BCUT2D eigenvalue weighted by atomic mass is 16.5. The molecule has 0 saturated heterocycles. The van der Waals surface area contributed by atoms with Crippen molar-refractivity contribution < 1.29 is 9.53 Å². The molecule has 0 heterocycles. The molecule has 0 bridgehead atoms. The summed E-state index contributed by atoms with van der Waals surface area (Å²) >= 11 is 0. The maximum Gasteiger partial charge on any atom is 0.324 e. The van der Waals surface area contributed by atoms with Gasteiger partial charge in [0, 0.05) is 19.5 Å². The summed E-state index contributed by atoms with van der Waals surface area (Å²) in [6, 6.07) is -0.441. The molecular weight excluding hydrogens is 156 g/mol. The van der Waals surface area contributed by atoms with Crippen molar-refractivity contribution in [3.05, 3.63) is 0 Å². The molecule has 0 radical (unpaired) electrons. The highest BCUT2D eigenvalue weighted by molar-refractivity contribution is 5.75. The topological polar surface area (TPSA) is 64.3 Å². The van der Waals surface area contributed by atoms with Crippen LogP contribution < -0.4 is 11.1 Å². The van der Waals surface area contributed by atoms with Gasteiger partial charge >= 0.3 is 5.97 Å². The zero-order valence-corrected chi connectivity index (χ0v) is 7.17. The van der Waals surface area contributed by atoms with E-state index in [4.69, 9.17) is 12.2 Å². The van der Waals surface area contributed by atoms with Gasteiger partial charge in [0.25, 0.3) is 0 Å². The van der Waals surface area contributed by atoms with Gasteiger partial charge < -0.3 is 15.8 Å². The second kappa shape index (κ2) is 6.65. The van der Waals surface area contributed by atoms with Gasteiger partial charge in [-0.1, -0.05) is 0 Å². The number of hydrogen-bond donors (Lipinski definition) is 2. The summed E-state index contributed by atoms with van der Waals surface area (Å²) in [5, 5.41) is 2.88. The third-order valence-electron chi connectivity index (χ3n) is 1.38. The summed E-state index contributed by atoms with van der Waals surface area (Å²) in [6.45, 7) is 0.796. The van der Waals surface area contributed by atoms with E-state index < -0.39 is 6.04 Å². The van der Waals surface area contributed by atoms with Crippen molar-refractivity contribution in [2.75, 3.05) is 20.2 Å². The number of esters is 1. The van der Waals surface area contributed by atoms with E-state index in [1.165, 1.54) is 7.11 Å². The predicted octanol–water partition coefficient (Wildman–Crippen LogP) is -0.900. The van der Waals surface area contributed by atoms with Crippen LogP contribution >= 0.6 is 0 Å². The highest BCUT2D eigenvalue weighted by Crippen LogP contribution is 1.85. The summed E-state index contributed by atoms with van der Waals surface area (Å²) in [5.41, 5.74) is 5.32. The second-order valence-corrected chi connectivity index (χ2v) is 2.22. The summed E-state index contributed by atoms with van der Waals surface area (Å²) in [7, 11) is 1.33. The van der Waals surface area contributed by atoms with Crippen molar-refractivity contribution >= 4 is 5.97 Å². The minimum atomic E-state index is -0.441. The molecule has 4 heteroatoms. The van der Waals surface area contributed by atoms with Gasteiger partial charge in [0.1, 0.15) is 6.04 Å². The molecule has 68 valence electrons. The minimum absolute atomic E-state index is 0.219. The van der Waals surface area contributed by atoms with Crippen LogP contribution in [-0.4, -0.2) is 32.2 Å². The van der Waals surface area contributed by atoms with E-state index in [1.54, 1.807) is 0 Å². The Labute approximate surface area is 72.5 Å². The molecule has 1 atom stereocenters. The average Bonchev–Trinajstić information content (AvgIpc) is 2.11. The van der Waals surface area contributed by atoms with E-state index in [-0.39, 0.29) is 12.5 Å². The zero-order chi connectivity index (χ0) is 9.40. The van der Waals surface area contributed by atoms with Gasteiger partial charge in [0.05, 0.1) is 7.11 Å². The van der Waals surface area contributed by atoms with Crippen LogP contribution in [0.3, 0.4) is 0 Å². The number of rotatable bonds is 5. The molecule has 0 aliphatic rings. The molecule has 0 aromatic rings. The van der Waals surface area contributed by atoms with E-state index in [1.807, 2.05) is 0 Å². The molecule has 1 unspecified atom stereocenters. The Morgan fingerprint density at radius 2 is 2.50 bits per heavy atom. The van der Waals surface area contributed by atoms with Crippen molar-refractivity contribution in [2.24, 2.45) is 5.73 Å². The second-order valence-electron chi connectivity index (χ2n) is 2.22. The first-order valence-electron chi connectivity index (χ1n) is 3.71. The first-order valence-corrected chi connectivity index (χ1v) is 3.71. The molecular formula is C8H14N2O2. The Balaban J connectivity index is 3.69. The number of hydrogen-bond acceptors (Lipinski definition) is 4. The Morgan fingerprint density at radius 1 is 1.83 bits per heavy atom. The summed E-state index contributed by atoms with van der Waals surface area (Å²) < 4.78 is 4.50. The van der Waals surface area contributed by atoms with Crippen molar-refractivity contribution in [2.45, 2.75) is 12.5 Å². The lowest BCUT2D eigenvalue weighted by Crippen LogP contribution is -2.43. The van der Waals surface area contributed by atoms with E-state index >= 15 is 0 Å². The van der Waals surface area contributed by atoms with Crippen LogP contribution in [0.25, 0.3) is 0 Å². The molecule has 0 fully saturated rings. The quantitative estimate of drug-likeness (QED) is 0.319. The molecule has 0 aliphatic carbocycles. The highest BCUT2D eigenvalue weighted by Gasteiger charge is 2.15. The maximum absolute atomic E-state index is 10.9. The third-order valence-corrected chi connectivity index (χ3v) is 1.38. The van der Waals surface area contributed by atoms with Crippen molar-refractivity contribution in [3.8, 4) is 12.3 Å². The number of methoxy groups -OCH3 is 1. The van der Waals surface area contributed by atoms with Crippen LogP contribution in [-0.2, 0) is 9.53 Å². The molecule has 3 N–H and O–H groups in total. The molecule has 0 aromatic carbocycles. The predicted molar refractivity (Wildman–Crippen MR) is 46.3 cm³/mol. The van der Waals surface area contributed by atoms with Gasteiger partial charge in [-0.15, -0.1) is 12.3 Å². The van der Waals surface area contributed by atoms with Crippen LogP contribution in [0.15, 0.2) is 0 Å². The maximum atomic E-state index is 10.9. The smallest absolute Gasteiger partial charge is 0.324 e.